The van der Waals surface area contributed by atoms with Gasteiger partial charge in [-0.3, -0.25) is 0 Å². The standard InChI is InChI=1S/C26H20ClN4O.ClH/c1-32-25-17-15-24(16-18-25)31-29-26(28-30(31)23-13-11-22(27)12-14-23)21-9-7-20(8-10-21)19-5-3-2-4-6-19;/h2-18H,1H3;1H/q+1;/p-1. The van der Waals surface area contributed by atoms with E-state index in [0.717, 1.165) is 28.3 Å². The molecule has 0 atom stereocenters. The molecular formula is C26H20Cl2N4O. The van der Waals surface area contributed by atoms with E-state index in [9.17, 15) is 0 Å². The van der Waals surface area contributed by atoms with Crippen molar-refractivity contribution < 1.29 is 21.9 Å². The highest BCUT2D eigenvalue weighted by Gasteiger charge is 2.23. The number of hydrogen-bond acceptors (Lipinski definition) is 3. The average molecular weight is 475 g/mol. The minimum Gasteiger partial charge on any atom is -1.00 e. The molecule has 0 aliphatic rings. The molecule has 0 N–H and O–H groups in total. The fraction of sp³-hybridized carbons (Fsp3) is 0.0385. The zero-order valence-electron chi connectivity index (χ0n) is 17.8. The van der Waals surface area contributed by atoms with Gasteiger partial charge in [0.05, 0.1) is 17.8 Å². The Labute approximate surface area is 203 Å². The van der Waals surface area contributed by atoms with Crippen LogP contribution in [0.3, 0.4) is 0 Å². The minimum atomic E-state index is 0. The van der Waals surface area contributed by atoms with Crippen molar-refractivity contribution in [3.8, 4) is 39.6 Å². The Balaban J connectivity index is 0.00000259. The lowest BCUT2D eigenvalue weighted by atomic mass is 10.0. The van der Waals surface area contributed by atoms with Crippen molar-refractivity contribution in [2.45, 2.75) is 0 Å². The summed E-state index contributed by atoms with van der Waals surface area (Å²) in [7, 11) is 1.65. The number of methoxy groups -OCH3 is 1. The first kappa shape index (κ1) is 22.5. The second-order valence-electron chi connectivity index (χ2n) is 7.22. The summed E-state index contributed by atoms with van der Waals surface area (Å²) in [6.45, 7) is 0. The minimum absolute atomic E-state index is 0. The van der Waals surface area contributed by atoms with Gasteiger partial charge in [-0.15, -0.1) is 0 Å². The number of tetrazole rings is 1. The van der Waals surface area contributed by atoms with Crippen molar-refractivity contribution >= 4 is 11.6 Å². The van der Waals surface area contributed by atoms with Gasteiger partial charge in [0.25, 0.3) is 0 Å². The van der Waals surface area contributed by atoms with Gasteiger partial charge in [0.1, 0.15) is 11.4 Å². The summed E-state index contributed by atoms with van der Waals surface area (Å²) in [5, 5.41) is 10.3. The Hall–Kier alpha value is -3.67. The molecule has 1 aromatic heterocycles. The number of halogens is 2. The van der Waals surface area contributed by atoms with Gasteiger partial charge < -0.3 is 17.1 Å². The van der Waals surface area contributed by atoms with E-state index in [1.165, 1.54) is 5.56 Å². The van der Waals surface area contributed by atoms with Gasteiger partial charge in [-0.2, -0.15) is 0 Å². The molecule has 0 aliphatic carbocycles. The molecule has 5 aromatic rings. The normalized spacial score (nSPS) is 10.5. The lowest BCUT2D eigenvalue weighted by Gasteiger charge is -2.02. The third kappa shape index (κ3) is 4.75. The lowest BCUT2D eigenvalue weighted by Crippen LogP contribution is -3.00. The van der Waals surface area contributed by atoms with Gasteiger partial charge in [0.2, 0.25) is 0 Å². The SMILES string of the molecule is COc1ccc(-n2nc(-c3ccc(-c4ccccc4)cc3)n[n+]2-c2ccc(Cl)cc2)cc1.[Cl-]. The van der Waals surface area contributed by atoms with Crippen LogP contribution < -0.4 is 21.9 Å². The number of aromatic nitrogens is 4. The molecule has 164 valence electrons. The molecule has 0 amide bonds. The Morgan fingerprint density at radius 3 is 1.97 bits per heavy atom. The van der Waals surface area contributed by atoms with Gasteiger partial charge in [0, 0.05) is 9.82 Å². The zero-order valence-corrected chi connectivity index (χ0v) is 19.3. The molecule has 0 spiro atoms. The summed E-state index contributed by atoms with van der Waals surface area (Å²) in [4.78, 5) is 3.53. The van der Waals surface area contributed by atoms with E-state index in [4.69, 9.17) is 26.5 Å². The molecule has 0 bridgehead atoms. The number of hydrogen-bond donors (Lipinski definition) is 0. The molecule has 4 aromatic carbocycles. The fourth-order valence-electron chi connectivity index (χ4n) is 3.47. The zero-order chi connectivity index (χ0) is 21.9. The van der Waals surface area contributed by atoms with Crippen LogP contribution in [0.5, 0.6) is 5.75 Å². The first-order chi connectivity index (χ1) is 15.7. The highest BCUT2D eigenvalue weighted by Crippen LogP contribution is 2.23. The van der Waals surface area contributed by atoms with Crippen molar-refractivity contribution in [2.75, 3.05) is 7.11 Å². The largest absolute Gasteiger partial charge is 1.00 e. The Morgan fingerprint density at radius 1 is 0.727 bits per heavy atom. The van der Waals surface area contributed by atoms with Crippen molar-refractivity contribution in [1.29, 1.82) is 0 Å². The van der Waals surface area contributed by atoms with Gasteiger partial charge >= 0.3 is 5.82 Å². The number of benzene rings is 4. The third-order valence-corrected chi connectivity index (χ3v) is 5.42. The lowest BCUT2D eigenvalue weighted by molar-refractivity contribution is -0.734. The number of nitrogens with zero attached hydrogens (tertiary/aromatic N) is 4. The van der Waals surface area contributed by atoms with Crippen LogP contribution in [0.25, 0.3) is 33.9 Å². The second kappa shape index (κ2) is 9.86. The average Bonchev–Trinajstić information content (AvgIpc) is 3.31. The summed E-state index contributed by atoms with van der Waals surface area (Å²) >= 11 is 6.09. The molecule has 0 fully saturated rings. The molecule has 0 aliphatic heterocycles. The molecule has 1 heterocycles. The molecule has 33 heavy (non-hydrogen) atoms. The molecule has 5 nitrogen and oxygen atoms in total. The predicted octanol–water partition coefficient (Wildman–Crippen LogP) is 2.54. The predicted molar refractivity (Wildman–Crippen MR) is 125 cm³/mol. The van der Waals surface area contributed by atoms with Crippen LogP contribution >= 0.6 is 11.6 Å². The van der Waals surface area contributed by atoms with E-state index in [1.54, 1.807) is 16.7 Å². The van der Waals surface area contributed by atoms with Crippen LogP contribution in [0.15, 0.2) is 103 Å². The van der Waals surface area contributed by atoms with E-state index in [-0.39, 0.29) is 12.4 Å². The van der Waals surface area contributed by atoms with E-state index in [1.807, 2.05) is 78.9 Å². The van der Waals surface area contributed by atoms with Crippen molar-refractivity contribution in [2.24, 2.45) is 0 Å². The van der Waals surface area contributed by atoms with E-state index >= 15 is 0 Å². The molecule has 0 saturated heterocycles. The van der Waals surface area contributed by atoms with E-state index in [2.05, 4.69) is 24.3 Å². The van der Waals surface area contributed by atoms with E-state index in [0.29, 0.717) is 10.8 Å². The van der Waals surface area contributed by atoms with Gasteiger partial charge in [-0.05, 0) is 81.7 Å². The third-order valence-electron chi connectivity index (χ3n) is 5.17. The second-order valence-corrected chi connectivity index (χ2v) is 7.66. The summed E-state index contributed by atoms with van der Waals surface area (Å²) in [5.74, 6) is 1.40. The molecule has 0 unspecified atom stereocenters. The smallest absolute Gasteiger partial charge is 0.340 e. The van der Waals surface area contributed by atoms with Gasteiger partial charge in [-0.25, -0.2) is 0 Å². The summed E-state index contributed by atoms with van der Waals surface area (Å²) in [6.07, 6.45) is 0. The van der Waals surface area contributed by atoms with Gasteiger partial charge in [-0.1, -0.05) is 54.1 Å². The van der Waals surface area contributed by atoms with Crippen LogP contribution in [0.2, 0.25) is 5.02 Å². The molecular weight excluding hydrogens is 455 g/mol. The maximum Gasteiger partial charge on any atom is 0.340 e. The maximum absolute atomic E-state index is 6.09. The Bertz CT molecular complexity index is 1330. The van der Waals surface area contributed by atoms with Crippen LogP contribution in [0, 0.1) is 0 Å². The maximum atomic E-state index is 6.09. The fourth-order valence-corrected chi connectivity index (χ4v) is 3.59. The molecule has 0 radical (unpaired) electrons. The molecule has 5 rings (SSSR count). The first-order valence-electron chi connectivity index (χ1n) is 10.2. The van der Waals surface area contributed by atoms with Crippen LogP contribution in [-0.4, -0.2) is 22.1 Å². The molecule has 0 saturated carbocycles. The van der Waals surface area contributed by atoms with Crippen LogP contribution in [0.1, 0.15) is 0 Å². The summed E-state index contributed by atoms with van der Waals surface area (Å²) in [6, 6.07) is 33.8. The van der Waals surface area contributed by atoms with Crippen LogP contribution in [0.4, 0.5) is 0 Å². The van der Waals surface area contributed by atoms with Crippen molar-refractivity contribution in [1.82, 2.24) is 15.0 Å². The summed E-state index contributed by atoms with van der Waals surface area (Å²) in [5.41, 5.74) is 4.96. The van der Waals surface area contributed by atoms with Crippen molar-refractivity contribution in [3.63, 3.8) is 0 Å². The highest BCUT2D eigenvalue weighted by molar-refractivity contribution is 6.30. The Kier molecular flexibility index (Phi) is 6.73. The Morgan fingerprint density at radius 2 is 1.33 bits per heavy atom. The monoisotopic (exact) mass is 474 g/mol. The quantitative estimate of drug-likeness (QED) is 0.367. The first-order valence-corrected chi connectivity index (χ1v) is 10.5. The topological polar surface area (TPSA) is 43.8 Å². The number of rotatable bonds is 5. The van der Waals surface area contributed by atoms with Crippen molar-refractivity contribution in [3.05, 3.63) is 108 Å². The van der Waals surface area contributed by atoms with Gasteiger partial charge in [0.15, 0.2) is 5.69 Å². The van der Waals surface area contributed by atoms with E-state index < -0.39 is 0 Å². The molecule has 7 heteroatoms. The number of ether oxygens (including phenoxy) is 1. The van der Waals surface area contributed by atoms with Crippen LogP contribution in [-0.2, 0) is 0 Å². The summed E-state index contributed by atoms with van der Waals surface area (Å²) < 4.78 is 5.29. The highest BCUT2D eigenvalue weighted by atomic mass is 35.5.